The molecule has 2 N–H and O–H groups in total. The smallest absolute Gasteiger partial charge is 0.210 e. The van der Waals surface area contributed by atoms with Crippen LogP contribution in [-0.2, 0) is 4.74 Å². The molecule has 15 heavy (non-hydrogen) atoms. The number of rotatable bonds is 4. The first-order valence-corrected chi connectivity index (χ1v) is 5.27. The van der Waals surface area contributed by atoms with Gasteiger partial charge in [0.1, 0.15) is 6.17 Å². The Balaban J connectivity index is 2.48. The summed E-state index contributed by atoms with van der Waals surface area (Å²) in [6.07, 6.45) is 2.28. The quantitative estimate of drug-likeness (QED) is 0.557. The van der Waals surface area contributed by atoms with Crippen molar-refractivity contribution >= 4 is 5.90 Å². The van der Waals surface area contributed by atoms with Crippen molar-refractivity contribution in [1.29, 1.82) is 5.41 Å². The summed E-state index contributed by atoms with van der Waals surface area (Å²) in [6.45, 7) is 4.00. The van der Waals surface area contributed by atoms with Crippen molar-refractivity contribution in [2.24, 2.45) is 5.92 Å². The highest BCUT2D eigenvalue weighted by atomic mass is 19.1. The number of methoxy groups -OCH3 is 1. The minimum absolute atomic E-state index is 0.175. The number of ether oxygens (including phenoxy) is 1. The lowest BCUT2D eigenvalue weighted by atomic mass is 9.91. The van der Waals surface area contributed by atoms with Crippen LogP contribution in [0.3, 0.4) is 0 Å². The molecule has 3 nitrogen and oxygen atoms in total. The number of nitrogens with one attached hydrogen (secondary N) is 2. The average molecular weight is 214 g/mol. The first-order chi connectivity index (χ1) is 7.04. The lowest BCUT2D eigenvalue weighted by Crippen LogP contribution is -2.40. The molecule has 0 aliphatic heterocycles. The molecule has 0 amide bonds. The van der Waals surface area contributed by atoms with Gasteiger partial charge in [-0.25, -0.2) is 4.39 Å². The molecule has 86 valence electrons. The largest absolute Gasteiger partial charge is 0.481 e. The monoisotopic (exact) mass is 214 g/mol. The molecule has 0 radical (unpaired) electrons. The molecule has 0 saturated heterocycles. The lowest BCUT2D eigenvalue weighted by Gasteiger charge is -2.30. The van der Waals surface area contributed by atoms with Crippen LogP contribution in [0.15, 0.2) is 11.8 Å². The third-order valence-corrected chi connectivity index (χ3v) is 2.64. The molecule has 0 unspecified atom stereocenters. The van der Waals surface area contributed by atoms with Crippen LogP contribution in [0.25, 0.3) is 0 Å². The van der Waals surface area contributed by atoms with Crippen LogP contribution in [0, 0.1) is 11.3 Å². The molecule has 1 saturated carbocycles. The fourth-order valence-electron chi connectivity index (χ4n) is 1.50. The highest BCUT2D eigenvalue weighted by Gasteiger charge is 2.28. The molecule has 0 heterocycles. The summed E-state index contributed by atoms with van der Waals surface area (Å²) in [7, 11) is 1.49. The van der Waals surface area contributed by atoms with E-state index in [0.717, 1.165) is 5.57 Å². The summed E-state index contributed by atoms with van der Waals surface area (Å²) < 4.78 is 17.4. The zero-order chi connectivity index (χ0) is 11.4. The molecule has 4 heteroatoms. The van der Waals surface area contributed by atoms with Gasteiger partial charge in [-0.3, -0.25) is 5.41 Å². The van der Waals surface area contributed by atoms with Gasteiger partial charge in [-0.1, -0.05) is 13.8 Å². The maximum absolute atomic E-state index is 12.5. The normalized spacial score (nSPS) is 26.1. The Morgan fingerprint density at radius 1 is 1.53 bits per heavy atom. The van der Waals surface area contributed by atoms with E-state index in [4.69, 9.17) is 10.1 Å². The van der Waals surface area contributed by atoms with Crippen LogP contribution in [0.4, 0.5) is 4.39 Å². The average Bonchev–Trinajstić information content (AvgIpc) is 2.14. The first kappa shape index (κ1) is 12.0. The van der Waals surface area contributed by atoms with Gasteiger partial charge in [0, 0.05) is 17.8 Å². The van der Waals surface area contributed by atoms with Crippen molar-refractivity contribution in [3.8, 4) is 0 Å². The van der Waals surface area contributed by atoms with Gasteiger partial charge >= 0.3 is 0 Å². The molecule has 0 aromatic heterocycles. The van der Waals surface area contributed by atoms with Gasteiger partial charge in [-0.2, -0.15) is 0 Å². The summed E-state index contributed by atoms with van der Waals surface area (Å²) in [5.74, 6) is 0.403. The van der Waals surface area contributed by atoms with E-state index < -0.39 is 6.17 Å². The van der Waals surface area contributed by atoms with Gasteiger partial charge in [0.15, 0.2) is 0 Å². The molecule has 0 bridgehead atoms. The Morgan fingerprint density at radius 3 is 2.53 bits per heavy atom. The lowest BCUT2D eigenvalue weighted by molar-refractivity contribution is 0.165. The van der Waals surface area contributed by atoms with Crippen LogP contribution in [0.5, 0.6) is 0 Å². The van der Waals surface area contributed by atoms with Crippen molar-refractivity contribution in [2.45, 2.75) is 38.9 Å². The topological polar surface area (TPSA) is 45.1 Å². The summed E-state index contributed by atoms with van der Waals surface area (Å²) in [4.78, 5) is 0. The summed E-state index contributed by atoms with van der Waals surface area (Å²) in [6, 6.07) is 0.221. The standard InChI is InChI=1S/C11H19FN2O/c1-7(2)10(11(13)15-3)6-14-9-4-8(12)5-9/h6-9,13-14H,4-5H2,1-3H3/b10-6-,13-11?/t8-,9-. The van der Waals surface area contributed by atoms with Crippen LogP contribution < -0.4 is 5.32 Å². The van der Waals surface area contributed by atoms with E-state index in [1.54, 1.807) is 6.20 Å². The summed E-state index contributed by atoms with van der Waals surface area (Å²) in [5, 5.41) is 10.7. The second-order valence-corrected chi connectivity index (χ2v) is 4.22. The SMILES string of the molecule is COC(=N)/C(=C\N[C@H]1C[C@H](F)C1)C(C)C. The van der Waals surface area contributed by atoms with E-state index in [9.17, 15) is 4.39 Å². The van der Waals surface area contributed by atoms with Gasteiger partial charge in [0.2, 0.25) is 5.90 Å². The Labute approximate surface area is 90.2 Å². The highest BCUT2D eigenvalue weighted by Crippen LogP contribution is 2.23. The first-order valence-electron chi connectivity index (χ1n) is 5.27. The van der Waals surface area contributed by atoms with Gasteiger partial charge in [-0.05, 0) is 18.8 Å². The van der Waals surface area contributed by atoms with E-state index in [2.05, 4.69) is 5.32 Å². The number of hydrogen-bond donors (Lipinski definition) is 2. The summed E-state index contributed by atoms with van der Waals surface area (Å²) in [5.41, 5.74) is 0.819. The molecule has 1 aliphatic carbocycles. The maximum Gasteiger partial charge on any atom is 0.210 e. The predicted octanol–water partition coefficient (Wildman–Crippen LogP) is 2.24. The van der Waals surface area contributed by atoms with Crippen molar-refractivity contribution in [3.63, 3.8) is 0 Å². The predicted molar refractivity (Wildman–Crippen MR) is 58.7 cm³/mol. The molecule has 0 atom stereocenters. The van der Waals surface area contributed by atoms with Gasteiger partial charge in [0.25, 0.3) is 0 Å². The van der Waals surface area contributed by atoms with E-state index in [-0.39, 0.29) is 17.9 Å². The fraction of sp³-hybridized carbons (Fsp3) is 0.727. The third-order valence-electron chi connectivity index (χ3n) is 2.64. The summed E-state index contributed by atoms with van der Waals surface area (Å²) >= 11 is 0. The van der Waals surface area contributed by atoms with Gasteiger partial charge in [0.05, 0.1) is 7.11 Å². The third kappa shape index (κ3) is 3.22. The Hall–Kier alpha value is -1.06. The number of hydrogen-bond acceptors (Lipinski definition) is 3. The van der Waals surface area contributed by atoms with Gasteiger partial charge < -0.3 is 10.1 Å². The van der Waals surface area contributed by atoms with E-state index in [1.807, 2.05) is 13.8 Å². The molecule has 1 fully saturated rings. The maximum atomic E-state index is 12.5. The van der Waals surface area contributed by atoms with Crippen molar-refractivity contribution < 1.29 is 9.13 Å². The van der Waals surface area contributed by atoms with E-state index in [1.165, 1.54) is 7.11 Å². The number of halogens is 1. The zero-order valence-corrected chi connectivity index (χ0v) is 9.51. The Morgan fingerprint density at radius 2 is 2.13 bits per heavy atom. The van der Waals surface area contributed by atoms with Crippen molar-refractivity contribution in [3.05, 3.63) is 11.8 Å². The molecule has 1 aliphatic rings. The van der Waals surface area contributed by atoms with Crippen LogP contribution in [0.1, 0.15) is 26.7 Å². The molecule has 0 spiro atoms. The zero-order valence-electron chi connectivity index (χ0n) is 9.51. The van der Waals surface area contributed by atoms with Crippen LogP contribution in [-0.4, -0.2) is 25.2 Å². The minimum Gasteiger partial charge on any atom is -0.481 e. The molecular formula is C11H19FN2O. The highest BCUT2D eigenvalue weighted by molar-refractivity contribution is 5.91. The minimum atomic E-state index is -0.653. The van der Waals surface area contributed by atoms with E-state index >= 15 is 0 Å². The van der Waals surface area contributed by atoms with Gasteiger partial charge in [-0.15, -0.1) is 0 Å². The van der Waals surface area contributed by atoms with Crippen molar-refractivity contribution in [1.82, 2.24) is 5.32 Å². The molecule has 0 aromatic carbocycles. The Kier molecular flexibility index (Phi) is 4.12. The Bertz CT molecular complexity index is 257. The fourth-order valence-corrected chi connectivity index (χ4v) is 1.50. The second kappa shape index (κ2) is 5.14. The molecule has 0 aromatic rings. The van der Waals surface area contributed by atoms with Crippen molar-refractivity contribution in [2.75, 3.05) is 7.11 Å². The van der Waals surface area contributed by atoms with E-state index in [0.29, 0.717) is 12.8 Å². The molecule has 1 rings (SSSR count). The van der Waals surface area contributed by atoms with Crippen LogP contribution >= 0.6 is 0 Å². The second-order valence-electron chi connectivity index (χ2n) is 4.22. The molecular weight excluding hydrogens is 195 g/mol. The number of alkyl halides is 1. The van der Waals surface area contributed by atoms with Crippen LogP contribution in [0.2, 0.25) is 0 Å².